The van der Waals surface area contributed by atoms with Gasteiger partial charge in [0.1, 0.15) is 4.32 Å². The number of hydrogen-bond acceptors (Lipinski definition) is 5. The number of carbonyl (C=O) groups excluding carboxylic acids is 2. The summed E-state index contributed by atoms with van der Waals surface area (Å²) in [5.41, 5.74) is 2.00. The lowest BCUT2D eigenvalue weighted by molar-refractivity contribution is -0.311. The quantitative estimate of drug-likeness (QED) is 0.622. The van der Waals surface area contributed by atoms with Crippen LogP contribution in [0, 0.1) is 12.8 Å². The molecule has 4 nitrogen and oxygen atoms in total. The molecule has 0 unspecified atom stereocenters. The Morgan fingerprint density at radius 1 is 1.32 bits per heavy atom. The Morgan fingerprint density at radius 3 is 2.41 bits per heavy atom. The third kappa shape index (κ3) is 3.39. The van der Waals surface area contributed by atoms with Crippen molar-refractivity contribution >= 4 is 46.3 Å². The van der Waals surface area contributed by atoms with E-state index < -0.39 is 12.0 Å². The molecule has 1 fully saturated rings. The monoisotopic (exact) mass is 334 g/mol. The van der Waals surface area contributed by atoms with Gasteiger partial charge in [0.25, 0.3) is 5.91 Å². The van der Waals surface area contributed by atoms with Crippen molar-refractivity contribution in [2.45, 2.75) is 26.8 Å². The molecule has 22 heavy (non-hydrogen) atoms. The first-order valence-corrected chi connectivity index (χ1v) is 8.08. The second-order valence-electron chi connectivity index (χ2n) is 5.47. The van der Waals surface area contributed by atoms with Gasteiger partial charge in [0.15, 0.2) is 0 Å². The molecule has 0 aliphatic carbocycles. The second-order valence-corrected chi connectivity index (χ2v) is 7.15. The molecule has 0 N–H and O–H groups in total. The number of amides is 1. The molecule has 1 amide bonds. The lowest BCUT2D eigenvalue weighted by Crippen LogP contribution is -2.52. The van der Waals surface area contributed by atoms with Crippen LogP contribution in [0.4, 0.5) is 0 Å². The normalized spacial score (nSPS) is 18.4. The van der Waals surface area contributed by atoms with Gasteiger partial charge in [-0.3, -0.25) is 9.69 Å². The fraction of sp³-hybridized carbons (Fsp3) is 0.312. The van der Waals surface area contributed by atoms with Crippen molar-refractivity contribution in [3.05, 3.63) is 40.3 Å². The minimum absolute atomic E-state index is 0.256. The largest absolute Gasteiger partial charge is 0.548 e. The number of thioether (sulfide) groups is 1. The van der Waals surface area contributed by atoms with Crippen LogP contribution in [0.1, 0.15) is 25.0 Å². The van der Waals surface area contributed by atoms with Crippen molar-refractivity contribution in [3.8, 4) is 0 Å². The van der Waals surface area contributed by atoms with E-state index in [1.165, 1.54) is 0 Å². The third-order valence-corrected chi connectivity index (χ3v) is 4.68. The molecule has 0 aromatic heterocycles. The minimum Gasteiger partial charge on any atom is -0.548 e. The maximum atomic E-state index is 12.5. The topological polar surface area (TPSA) is 60.4 Å². The van der Waals surface area contributed by atoms with Crippen LogP contribution in [0.5, 0.6) is 0 Å². The van der Waals surface area contributed by atoms with Gasteiger partial charge in [-0.2, -0.15) is 0 Å². The van der Waals surface area contributed by atoms with Gasteiger partial charge in [0.2, 0.25) is 0 Å². The van der Waals surface area contributed by atoms with E-state index in [0.717, 1.165) is 27.8 Å². The Hall–Kier alpha value is -1.66. The summed E-state index contributed by atoms with van der Waals surface area (Å²) in [6, 6.07) is 6.66. The number of aliphatic carboxylic acids is 1. The number of nitrogens with zero attached hydrogens (tertiary/aromatic N) is 1. The maximum Gasteiger partial charge on any atom is 0.266 e. The SMILES string of the molecule is Cc1ccc(/C=C2/SC(=S)N([C@@H](C(=O)[O-])C(C)C)C2=O)cc1. The fourth-order valence-electron chi connectivity index (χ4n) is 2.21. The average molecular weight is 334 g/mol. The zero-order valence-electron chi connectivity index (χ0n) is 12.5. The van der Waals surface area contributed by atoms with Gasteiger partial charge in [0.05, 0.1) is 16.9 Å². The van der Waals surface area contributed by atoms with Crippen LogP contribution in [0.2, 0.25) is 0 Å². The summed E-state index contributed by atoms with van der Waals surface area (Å²) in [6.45, 7) is 5.43. The molecule has 1 saturated heterocycles. The van der Waals surface area contributed by atoms with Gasteiger partial charge in [-0.25, -0.2) is 0 Å². The predicted octanol–water partition coefficient (Wildman–Crippen LogP) is 1.97. The highest BCUT2D eigenvalue weighted by Gasteiger charge is 2.38. The molecule has 1 aromatic rings. The number of carbonyl (C=O) groups is 2. The van der Waals surface area contributed by atoms with Crippen molar-refractivity contribution in [1.29, 1.82) is 0 Å². The molecule has 1 aliphatic rings. The van der Waals surface area contributed by atoms with E-state index in [2.05, 4.69) is 0 Å². The van der Waals surface area contributed by atoms with E-state index >= 15 is 0 Å². The highest BCUT2D eigenvalue weighted by Crippen LogP contribution is 2.35. The number of aryl methyl sites for hydroxylation is 1. The number of thiocarbonyl (C=S) groups is 1. The summed E-state index contributed by atoms with van der Waals surface area (Å²) < 4.78 is 0.256. The highest BCUT2D eigenvalue weighted by atomic mass is 32.2. The highest BCUT2D eigenvalue weighted by molar-refractivity contribution is 8.26. The van der Waals surface area contributed by atoms with Crippen LogP contribution in [-0.4, -0.2) is 27.1 Å². The van der Waals surface area contributed by atoms with Crippen LogP contribution in [0.15, 0.2) is 29.2 Å². The van der Waals surface area contributed by atoms with Crippen LogP contribution in [-0.2, 0) is 9.59 Å². The molecule has 1 atom stereocenters. The van der Waals surface area contributed by atoms with E-state index in [9.17, 15) is 14.7 Å². The minimum atomic E-state index is -1.29. The molecule has 0 spiro atoms. The summed E-state index contributed by atoms with van der Waals surface area (Å²) >= 11 is 6.30. The van der Waals surface area contributed by atoms with Crippen LogP contribution >= 0.6 is 24.0 Å². The first kappa shape index (κ1) is 16.7. The number of benzene rings is 1. The van der Waals surface area contributed by atoms with E-state index in [1.54, 1.807) is 19.9 Å². The van der Waals surface area contributed by atoms with Gasteiger partial charge in [-0.05, 0) is 24.5 Å². The van der Waals surface area contributed by atoms with E-state index in [1.807, 2.05) is 31.2 Å². The molecule has 2 rings (SSSR count). The molecule has 1 heterocycles. The first-order chi connectivity index (χ1) is 10.3. The Morgan fingerprint density at radius 2 is 1.91 bits per heavy atom. The van der Waals surface area contributed by atoms with Gasteiger partial charge in [-0.15, -0.1) is 0 Å². The molecule has 0 bridgehead atoms. The van der Waals surface area contributed by atoms with Crippen LogP contribution in [0.25, 0.3) is 6.08 Å². The zero-order valence-corrected chi connectivity index (χ0v) is 14.2. The van der Waals surface area contributed by atoms with Crippen LogP contribution < -0.4 is 5.11 Å². The van der Waals surface area contributed by atoms with E-state index in [4.69, 9.17) is 12.2 Å². The second kappa shape index (κ2) is 6.62. The molecule has 116 valence electrons. The third-order valence-electron chi connectivity index (χ3n) is 3.35. The summed E-state index contributed by atoms with van der Waals surface area (Å²) in [5.74, 6) is -1.95. The predicted molar refractivity (Wildman–Crippen MR) is 89.8 cm³/mol. The van der Waals surface area contributed by atoms with Crippen molar-refractivity contribution in [3.63, 3.8) is 0 Å². The summed E-state index contributed by atoms with van der Waals surface area (Å²) in [5, 5.41) is 11.3. The Bertz CT molecular complexity index is 650. The van der Waals surface area contributed by atoms with E-state index in [0.29, 0.717) is 4.91 Å². The number of carboxylic acids is 1. The molecular weight excluding hydrogens is 318 g/mol. The zero-order chi connectivity index (χ0) is 16.4. The Kier molecular flexibility index (Phi) is 5.03. The summed E-state index contributed by atoms with van der Waals surface area (Å²) in [4.78, 5) is 25.4. The van der Waals surface area contributed by atoms with Crippen LogP contribution in [0.3, 0.4) is 0 Å². The number of carboxylic acid groups (broad SMARTS) is 1. The Labute approximate surface area is 139 Å². The smallest absolute Gasteiger partial charge is 0.266 e. The molecule has 0 radical (unpaired) electrons. The van der Waals surface area contributed by atoms with Gasteiger partial charge < -0.3 is 9.90 Å². The average Bonchev–Trinajstić information content (AvgIpc) is 2.69. The molecular formula is C16H16NO3S2-. The van der Waals surface area contributed by atoms with Crippen molar-refractivity contribution in [2.75, 3.05) is 0 Å². The number of rotatable bonds is 4. The van der Waals surface area contributed by atoms with Gasteiger partial charge in [0, 0.05) is 0 Å². The van der Waals surface area contributed by atoms with Gasteiger partial charge in [-0.1, -0.05) is 67.7 Å². The summed E-state index contributed by atoms with van der Waals surface area (Å²) in [7, 11) is 0. The van der Waals surface area contributed by atoms with Crippen molar-refractivity contribution < 1.29 is 14.7 Å². The number of hydrogen-bond donors (Lipinski definition) is 0. The lowest BCUT2D eigenvalue weighted by atomic mass is 10.0. The fourth-order valence-corrected chi connectivity index (χ4v) is 3.54. The standard InChI is InChI=1S/C16H17NO3S2/c1-9(2)13(15(19)20)17-14(18)12(22-16(17)21)8-11-6-4-10(3)5-7-11/h4-9,13H,1-3H3,(H,19,20)/p-1/b12-8+/t13-/m1/s1. The molecule has 0 saturated carbocycles. The summed E-state index contributed by atoms with van der Waals surface area (Å²) in [6.07, 6.45) is 1.73. The van der Waals surface area contributed by atoms with E-state index in [-0.39, 0.29) is 16.1 Å². The van der Waals surface area contributed by atoms with Crippen molar-refractivity contribution in [1.82, 2.24) is 4.90 Å². The molecule has 6 heteroatoms. The lowest BCUT2D eigenvalue weighted by Gasteiger charge is -2.30. The molecule has 1 aliphatic heterocycles. The maximum absolute atomic E-state index is 12.5. The Balaban J connectivity index is 2.32. The van der Waals surface area contributed by atoms with Crippen molar-refractivity contribution in [2.24, 2.45) is 5.92 Å². The van der Waals surface area contributed by atoms with Gasteiger partial charge >= 0.3 is 0 Å². The molecule has 1 aromatic carbocycles. The first-order valence-electron chi connectivity index (χ1n) is 6.86.